The molecular formula is C12H19NO4S. The summed E-state index contributed by atoms with van der Waals surface area (Å²) < 4.78 is 10.8. The van der Waals surface area contributed by atoms with Crippen LogP contribution in [0, 0.1) is 0 Å². The summed E-state index contributed by atoms with van der Waals surface area (Å²) in [4.78, 5) is 0. The van der Waals surface area contributed by atoms with Gasteiger partial charge in [-0.25, -0.2) is 0 Å². The molecule has 0 radical (unpaired) electrons. The fourth-order valence-corrected chi connectivity index (χ4v) is 2.06. The Morgan fingerprint density at radius 3 is 2.67 bits per heavy atom. The van der Waals surface area contributed by atoms with E-state index in [1.165, 1.54) is 12.1 Å². The van der Waals surface area contributed by atoms with Crippen LogP contribution in [-0.4, -0.2) is 45.0 Å². The van der Waals surface area contributed by atoms with Crippen LogP contribution in [0.15, 0.2) is 18.2 Å². The van der Waals surface area contributed by atoms with Crippen LogP contribution in [-0.2, 0) is 11.2 Å². The molecule has 1 aromatic carbocycles. The highest BCUT2D eigenvalue weighted by atomic mass is 32.2. The van der Waals surface area contributed by atoms with E-state index in [0.29, 0.717) is 24.4 Å². The molecule has 1 aromatic rings. The van der Waals surface area contributed by atoms with Gasteiger partial charge in [-0.1, -0.05) is 17.2 Å². The first kappa shape index (κ1) is 15.1. The van der Waals surface area contributed by atoms with Crippen molar-refractivity contribution >= 4 is 11.2 Å². The van der Waals surface area contributed by atoms with Crippen molar-refractivity contribution in [2.75, 3.05) is 25.1 Å². The fourth-order valence-electron chi connectivity index (χ4n) is 1.50. The van der Waals surface area contributed by atoms with Gasteiger partial charge in [-0.3, -0.25) is 0 Å². The number of phenolic OH excluding ortho intramolecular Hbond substituents is 2. The number of hydrogen-bond acceptors (Lipinski definition) is 5. The summed E-state index contributed by atoms with van der Waals surface area (Å²) in [6, 6.07) is 4.24. The van der Waals surface area contributed by atoms with Crippen LogP contribution >= 0.6 is 0 Å². The van der Waals surface area contributed by atoms with E-state index in [1.54, 1.807) is 12.3 Å². The highest BCUT2D eigenvalue weighted by Crippen LogP contribution is 2.27. The number of nitrogens with one attached hydrogen (secondary N) is 1. The first-order valence-electron chi connectivity index (χ1n) is 5.71. The first-order chi connectivity index (χ1) is 8.50. The van der Waals surface area contributed by atoms with E-state index in [9.17, 15) is 14.8 Å². The van der Waals surface area contributed by atoms with Crippen molar-refractivity contribution in [3.05, 3.63) is 23.8 Å². The van der Waals surface area contributed by atoms with Crippen LogP contribution in [0.3, 0.4) is 0 Å². The van der Waals surface area contributed by atoms with Crippen LogP contribution in [0.5, 0.6) is 11.5 Å². The molecule has 4 N–H and O–H groups in total. The second kappa shape index (κ2) is 7.48. The molecule has 0 aliphatic carbocycles. The number of hydrogen-bond donors (Lipinski definition) is 4. The molecule has 0 spiro atoms. The van der Waals surface area contributed by atoms with Gasteiger partial charge in [0.25, 0.3) is 0 Å². The average molecular weight is 273 g/mol. The second-order valence-corrected chi connectivity index (χ2v) is 5.65. The number of phenols is 2. The molecule has 0 aromatic heterocycles. The van der Waals surface area contributed by atoms with Crippen molar-refractivity contribution < 1.29 is 19.9 Å². The van der Waals surface area contributed by atoms with Gasteiger partial charge < -0.3 is 25.2 Å². The maximum absolute atomic E-state index is 10.8. The van der Waals surface area contributed by atoms with Gasteiger partial charge in [0, 0.05) is 13.0 Å². The highest BCUT2D eigenvalue weighted by molar-refractivity contribution is 7.90. The predicted octanol–water partition coefficient (Wildman–Crippen LogP) is 0.489. The van der Waals surface area contributed by atoms with Crippen LogP contribution in [0.4, 0.5) is 0 Å². The van der Waals surface area contributed by atoms with Crippen LogP contribution < -0.4 is 5.32 Å². The maximum atomic E-state index is 10.8. The lowest BCUT2D eigenvalue weighted by Gasteiger charge is -2.13. The SMILES string of the molecule is C[S+]([O-])CCCNC[C@H](O)c1ccc(O)c(O)c1. The van der Waals surface area contributed by atoms with Crippen LogP contribution in [0.1, 0.15) is 18.1 Å². The van der Waals surface area contributed by atoms with Gasteiger partial charge in [0.05, 0.1) is 12.4 Å². The van der Waals surface area contributed by atoms with Crippen molar-refractivity contribution in [3.63, 3.8) is 0 Å². The number of aliphatic hydroxyl groups is 1. The molecule has 0 bridgehead atoms. The zero-order valence-electron chi connectivity index (χ0n) is 10.3. The summed E-state index contributed by atoms with van der Waals surface area (Å²) >= 11 is -0.785. The zero-order valence-corrected chi connectivity index (χ0v) is 11.1. The Balaban J connectivity index is 2.31. The predicted molar refractivity (Wildman–Crippen MR) is 71.2 cm³/mol. The quantitative estimate of drug-likeness (QED) is 0.329. The van der Waals surface area contributed by atoms with E-state index < -0.39 is 17.3 Å². The molecule has 0 aliphatic rings. The lowest BCUT2D eigenvalue weighted by molar-refractivity contribution is 0.174. The van der Waals surface area contributed by atoms with Gasteiger partial charge in [-0.15, -0.1) is 0 Å². The summed E-state index contributed by atoms with van der Waals surface area (Å²) in [5, 5.41) is 31.3. The van der Waals surface area contributed by atoms with E-state index in [-0.39, 0.29) is 11.5 Å². The molecule has 18 heavy (non-hydrogen) atoms. The third-order valence-electron chi connectivity index (χ3n) is 2.51. The minimum atomic E-state index is -0.785. The minimum Gasteiger partial charge on any atom is -0.617 e. The lowest BCUT2D eigenvalue weighted by atomic mass is 10.1. The lowest BCUT2D eigenvalue weighted by Crippen LogP contribution is -2.24. The number of aliphatic hydroxyl groups excluding tert-OH is 1. The Bertz CT molecular complexity index is 373. The van der Waals surface area contributed by atoms with E-state index in [4.69, 9.17) is 5.11 Å². The molecule has 0 saturated carbocycles. The molecule has 0 fully saturated rings. The third-order valence-corrected chi connectivity index (χ3v) is 3.37. The van der Waals surface area contributed by atoms with Gasteiger partial charge in [-0.2, -0.15) is 0 Å². The Morgan fingerprint density at radius 1 is 1.33 bits per heavy atom. The van der Waals surface area contributed by atoms with Crippen LogP contribution in [0.25, 0.3) is 0 Å². The Morgan fingerprint density at radius 2 is 2.06 bits per heavy atom. The number of benzene rings is 1. The molecule has 0 aliphatic heterocycles. The third kappa shape index (κ3) is 5.14. The molecule has 2 atom stereocenters. The van der Waals surface area contributed by atoms with Crippen molar-refractivity contribution in [1.82, 2.24) is 5.32 Å². The highest BCUT2D eigenvalue weighted by Gasteiger charge is 2.09. The van der Waals surface area contributed by atoms with Gasteiger partial charge in [-0.05, 0) is 24.2 Å². The fraction of sp³-hybridized carbons (Fsp3) is 0.500. The molecule has 102 valence electrons. The first-order valence-corrected chi connectivity index (χ1v) is 7.44. The smallest absolute Gasteiger partial charge is 0.157 e. The van der Waals surface area contributed by atoms with Crippen LogP contribution in [0.2, 0.25) is 0 Å². The van der Waals surface area contributed by atoms with Gasteiger partial charge in [0.2, 0.25) is 0 Å². The summed E-state index contributed by atoms with van der Waals surface area (Å²) in [6.45, 7) is 1.03. The summed E-state index contributed by atoms with van der Waals surface area (Å²) in [5.74, 6) is 0.195. The van der Waals surface area contributed by atoms with Crippen molar-refractivity contribution in [1.29, 1.82) is 0 Å². The summed E-state index contributed by atoms with van der Waals surface area (Å²) in [7, 11) is 0. The van der Waals surface area contributed by atoms with Gasteiger partial charge in [0.1, 0.15) is 5.75 Å². The molecule has 0 amide bonds. The molecule has 0 heterocycles. The largest absolute Gasteiger partial charge is 0.617 e. The van der Waals surface area contributed by atoms with Gasteiger partial charge >= 0.3 is 0 Å². The van der Waals surface area contributed by atoms with E-state index in [0.717, 1.165) is 6.42 Å². The summed E-state index contributed by atoms with van der Waals surface area (Å²) in [6.07, 6.45) is 1.70. The summed E-state index contributed by atoms with van der Waals surface area (Å²) in [5.41, 5.74) is 0.539. The zero-order chi connectivity index (χ0) is 13.5. The molecule has 1 unspecified atom stereocenters. The van der Waals surface area contributed by atoms with E-state index in [2.05, 4.69) is 5.32 Å². The van der Waals surface area contributed by atoms with E-state index >= 15 is 0 Å². The normalized spacial score (nSPS) is 14.4. The molecular weight excluding hydrogens is 254 g/mol. The Labute approximate surface area is 110 Å². The molecule has 5 nitrogen and oxygen atoms in total. The van der Waals surface area contributed by atoms with E-state index in [1.807, 2.05) is 0 Å². The average Bonchev–Trinajstić information content (AvgIpc) is 2.31. The van der Waals surface area contributed by atoms with Gasteiger partial charge in [0.15, 0.2) is 11.5 Å². The topological polar surface area (TPSA) is 95.8 Å². The standard InChI is InChI=1S/C12H19NO4S/c1-18(17)6-2-5-13-8-12(16)9-3-4-10(14)11(15)7-9/h3-4,7,12-16H,2,5-6,8H2,1H3/t12-,18?/m0/s1. The number of aromatic hydroxyl groups is 2. The second-order valence-electron chi connectivity index (χ2n) is 4.10. The maximum Gasteiger partial charge on any atom is 0.157 e. The minimum absolute atomic E-state index is 0.204. The Hall–Kier alpha value is -0.950. The Kier molecular flexibility index (Phi) is 6.28. The monoisotopic (exact) mass is 273 g/mol. The molecule has 6 heteroatoms. The molecule has 1 rings (SSSR count). The van der Waals surface area contributed by atoms with Crippen molar-refractivity contribution in [2.24, 2.45) is 0 Å². The van der Waals surface area contributed by atoms with Crippen molar-refractivity contribution in [2.45, 2.75) is 12.5 Å². The number of rotatable bonds is 7. The molecule has 0 saturated heterocycles. The van der Waals surface area contributed by atoms with Crippen molar-refractivity contribution in [3.8, 4) is 11.5 Å².